The van der Waals surface area contributed by atoms with Gasteiger partial charge in [-0.2, -0.15) is 0 Å². The Morgan fingerprint density at radius 3 is 1.26 bits per heavy atom. The molecule has 0 N–H and O–H groups in total. The predicted octanol–water partition coefficient (Wildman–Crippen LogP) is 12.1. The maximum Gasteiger partial charge on any atom is 0.119 e. The third kappa shape index (κ3) is 14.2. The van der Waals surface area contributed by atoms with E-state index in [1.807, 2.05) is 24.5 Å². The number of unbranched alkanes of at least 4 members (excludes halogenated alkanes) is 8. The summed E-state index contributed by atoms with van der Waals surface area (Å²) < 4.78 is 11.4. The highest BCUT2D eigenvalue weighted by Crippen LogP contribution is 2.23. The zero-order chi connectivity index (χ0) is 32.7. The molecule has 248 valence electrons. The molecule has 0 aliphatic carbocycles. The van der Waals surface area contributed by atoms with Crippen molar-refractivity contribution in [2.45, 2.75) is 118 Å². The normalized spacial score (nSPS) is 10.7. The average Bonchev–Trinajstić information content (AvgIpc) is 3.10. The fraction of sp³-hybridized carbons (Fsp3) is 0.476. The summed E-state index contributed by atoms with van der Waals surface area (Å²) in [6.45, 7) is 10.4. The van der Waals surface area contributed by atoms with Crippen LogP contribution in [0.5, 0.6) is 11.5 Å². The van der Waals surface area contributed by atoms with Gasteiger partial charge >= 0.3 is 0 Å². The highest BCUT2D eigenvalue weighted by atomic mass is 16.5. The smallest absolute Gasteiger partial charge is 0.119 e. The van der Waals surface area contributed by atoms with Crippen molar-refractivity contribution in [2.24, 2.45) is 0 Å². The minimum Gasteiger partial charge on any atom is -0.494 e. The first-order valence-corrected chi connectivity index (χ1v) is 18.0. The third-order valence-corrected chi connectivity index (χ3v) is 8.08. The topological polar surface area (TPSA) is 44.2 Å². The number of pyridine rings is 2. The molecule has 0 aliphatic rings. The fourth-order valence-corrected chi connectivity index (χ4v) is 5.20. The molecule has 0 saturated heterocycles. The van der Waals surface area contributed by atoms with Gasteiger partial charge in [-0.1, -0.05) is 91.2 Å². The molecule has 4 nitrogen and oxygen atoms in total. The van der Waals surface area contributed by atoms with Crippen LogP contribution in [0.25, 0.3) is 22.5 Å². The van der Waals surface area contributed by atoms with Gasteiger partial charge in [-0.15, -0.1) is 0 Å². The first kappa shape index (κ1) is 36.8. The molecule has 0 aliphatic heterocycles. The summed E-state index contributed by atoms with van der Waals surface area (Å²) in [4.78, 5) is 9.20. The molecule has 0 fully saturated rings. The summed E-state index contributed by atoms with van der Waals surface area (Å²) in [5.41, 5.74) is 7.01. The molecule has 2 aromatic heterocycles. The van der Waals surface area contributed by atoms with Gasteiger partial charge in [0.1, 0.15) is 11.5 Å². The van der Waals surface area contributed by atoms with Gasteiger partial charge < -0.3 is 9.47 Å². The van der Waals surface area contributed by atoms with Crippen LogP contribution in [0.2, 0.25) is 0 Å². The Hall–Kier alpha value is -3.66. The van der Waals surface area contributed by atoms with E-state index in [9.17, 15) is 0 Å². The van der Waals surface area contributed by atoms with Crippen LogP contribution >= 0.6 is 0 Å². The summed E-state index contributed by atoms with van der Waals surface area (Å²) in [5.74, 6) is 1.88. The Morgan fingerprint density at radius 2 is 0.848 bits per heavy atom. The van der Waals surface area contributed by atoms with Crippen LogP contribution in [0.15, 0.2) is 85.2 Å². The summed E-state index contributed by atoms with van der Waals surface area (Å²) in [5, 5.41) is 0. The van der Waals surface area contributed by atoms with E-state index in [4.69, 9.17) is 9.47 Å². The van der Waals surface area contributed by atoms with Crippen LogP contribution in [0, 0.1) is 0 Å². The van der Waals surface area contributed by atoms with E-state index in [1.165, 1.54) is 75.3 Å². The van der Waals surface area contributed by atoms with E-state index >= 15 is 0 Å². The average molecular weight is 623 g/mol. The second-order valence-electron chi connectivity index (χ2n) is 12.2. The van der Waals surface area contributed by atoms with Crippen molar-refractivity contribution >= 4 is 0 Å². The van der Waals surface area contributed by atoms with Crippen LogP contribution in [0.1, 0.15) is 116 Å². The van der Waals surface area contributed by atoms with E-state index in [-0.39, 0.29) is 0 Å². The highest BCUT2D eigenvalue weighted by Gasteiger charge is 2.03. The largest absolute Gasteiger partial charge is 0.494 e. The highest BCUT2D eigenvalue weighted by molar-refractivity contribution is 5.61. The monoisotopic (exact) mass is 622 g/mol. The third-order valence-electron chi connectivity index (χ3n) is 8.08. The van der Waals surface area contributed by atoms with Crippen LogP contribution in [0.3, 0.4) is 0 Å². The lowest BCUT2D eigenvalue weighted by atomic mass is 10.1. The molecule has 2 heterocycles. The van der Waals surface area contributed by atoms with Crippen molar-refractivity contribution in [3.8, 4) is 34.0 Å². The number of rotatable bonds is 20. The maximum atomic E-state index is 5.83. The lowest BCUT2D eigenvalue weighted by molar-refractivity contribution is 0.304. The lowest BCUT2D eigenvalue weighted by Crippen LogP contribution is -1.97. The van der Waals surface area contributed by atoms with E-state index in [0.717, 1.165) is 72.9 Å². The fourth-order valence-electron chi connectivity index (χ4n) is 5.20. The van der Waals surface area contributed by atoms with E-state index in [1.54, 1.807) is 0 Å². The second kappa shape index (κ2) is 22.8. The Morgan fingerprint density at radius 1 is 0.413 bits per heavy atom. The first-order chi connectivity index (χ1) is 22.7. The van der Waals surface area contributed by atoms with Gasteiger partial charge in [-0.25, -0.2) is 0 Å². The molecule has 2 aromatic carbocycles. The molecular weight excluding hydrogens is 564 g/mol. The molecule has 0 unspecified atom stereocenters. The lowest BCUT2D eigenvalue weighted by Gasteiger charge is -2.08. The van der Waals surface area contributed by atoms with Gasteiger partial charge in [0, 0.05) is 23.5 Å². The molecule has 4 aromatic rings. The van der Waals surface area contributed by atoms with Crippen molar-refractivity contribution in [1.82, 2.24) is 9.97 Å². The minimum absolute atomic E-state index is 0.768. The number of hydrogen-bond acceptors (Lipinski definition) is 4. The van der Waals surface area contributed by atoms with Gasteiger partial charge in [0.2, 0.25) is 0 Å². The Labute approximate surface area is 280 Å². The van der Waals surface area contributed by atoms with Crippen molar-refractivity contribution in [3.63, 3.8) is 0 Å². The molecule has 4 rings (SSSR count). The zero-order valence-corrected chi connectivity index (χ0v) is 29.1. The number of hydrogen-bond donors (Lipinski definition) is 0. The van der Waals surface area contributed by atoms with Gasteiger partial charge in [0.15, 0.2) is 0 Å². The molecule has 46 heavy (non-hydrogen) atoms. The van der Waals surface area contributed by atoms with Crippen LogP contribution < -0.4 is 9.47 Å². The standard InChI is InChI=1S/C23H33NO.C19H25NO/c1-3-5-7-8-10-18-25-22-15-13-21(14-16-22)23-17-12-20(19-24-23)11-9-6-4-2;1-3-5-6-7-16-8-13-19(20-15-16)17-9-11-18(12-10-17)21-14-4-2/h12-17,19H,3-11,18H2,1-2H3;8-13,15H,3-7,14H2,1-2H3. The minimum atomic E-state index is 0.768. The van der Waals surface area contributed by atoms with Crippen molar-refractivity contribution in [2.75, 3.05) is 13.2 Å². The molecule has 4 heteroatoms. The molecule has 0 radical (unpaired) electrons. The molecular formula is C42H58N2O2. The second-order valence-corrected chi connectivity index (χ2v) is 12.2. The van der Waals surface area contributed by atoms with Gasteiger partial charge in [-0.3, -0.25) is 9.97 Å². The van der Waals surface area contributed by atoms with E-state index in [2.05, 4.69) is 98.3 Å². The Bertz CT molecular complexity index is 1300. The van der Waals surface area contributed by atoms with Crippen molar-refractivity contribution < 1.29 is 9.47 Å². The summed E-state index contributed by atoms with van der Waals surface area (Å²) in [6, 6.07) is 25.1. The van der Waals surface area contributed by atoms with Crippen molar-refractivity contribution in [1.29, 1.82) is 0 Å². The molecule has 0 bridgehead atoms. The van der Waals surface area contributed by atoms with Crippen LogP contribution in [0.4, 0.5) is 0 Å². The SMILES string of the molecule is CCCCCCCOc1ccc(-c2ccc(CCCCC)cn2)cc1.CCCCCc1ccc(-c2ccc(OCCC)cc2)nc1. The van der Waals surface area contributed by atoms with Crippen LogP contribution in [-0.4, -0.2) is 23.2 Å². The number of benzene rings is 2. The molecule has 0 amide bonds. The summed E-state index contributed by atoms with van der Waals surface area (Å²) in [7, 11) is 0. The zero-order valence-electron chi connectivity index (χ0n) is 29.1. The van der Waals surface area contributed by atoms with Gasteiger partial charge in [-0.05, 0) is 110 Å². The summed E-state index contributed by atoms with van der Waals surface area (Å²) in [6.07, 6.45) is 21.3. The number of ether oxygens (including phenoxy) is 2. The maximum absolute atomic E-state index is 5.83. The molecule has 0 atom stereocenters. The Kier molecular flexibility index (Phi) is 18.2. The van der Waals surface area contributed by atoms with Gasteiger partial charge in [0.05, 0.1) is 24.6 Å². The molecule has 0 spiro atoms. The first-order valence-electron chi connectivity index (χ1n) is 18.0. The quantitative estimate of drug-likeness (QED) is 0.0920. The predicted molar refractivity (Wildman–Crippen MR) is 196 cm³/mol. The molecule has 0 saturated carbocycles. The van der Waals surface area contributed by atoms with Crippen LogP contribution in [-0.2, 0) is 12.8 Å². The summed E-state index contributed by atoms with van der Waals surface area (Å²) >= 11 is 0. The number of aryl methyl sites for hydroxylation is 2. The number of aromatic nitrogens is 2. The Balaban J connectivity index is 0.000000254. The van der Waals surface area contributed by atoms with E-state index < -0.39 is 0 Å². The number of nitrogens with zero attached hydrogens (tertiary/aromatic N) is 2. The van der Waals surface area contributed by atoms with E-state index in [0.29, 0.717) is 0 Å². The van der Waals surface area contributed by atoms with Gasteiger partial charge in [0.25, 0.3) is 0 Å². The van der Waals surface area contributed by atoms with Crippen molar-refractivity contribution in [3.05, 3.63) is 96.3 Å².